The summed E-state index contributed by atoms with van der Waals surface area (Å²) in [5, 5.41) is 64.5. The fraction of sp³-hybridized carbons (Fsp3) is 0.583. The number of benzene rings is 2. The molecule has 3 aliphatic rings. The zero-order valence-electron chi connectivity index (χ0n) is 38.4. The lowest BCUT2D eigenvalue weighted by Crippen LogP contribution is -2.46. The Kier molecular flexibility index (Phi) is 18.0. The van der Waals surface area contributed by atoms with Crippen LogP contribution in [0.25, 0.3) is 10.8 Å². The van der Waals surface area contributed by atoms with E-state index in [9.17, 15) is 39.9 Å². The molecule has 15 nitrogen and oxygen atoms in total. The second-order valence-corrected chi connectivity index (χ2v) is 17.2. The number of hydrogen-bond acceptors (Lipinski definition) is 14. The number of nitrogens with one attached hydrogen (secondary N) is 1. The molecule has 0 saturated heterocycles. The number of amides is 1. The van der Waals surface area contributed by atoms with E-state index >= 15 is 0 Å². The van der Waals surface area contributed by atoms with Gasteiger partial charge in [-0.3, -0.25) is 14.4 Å². The number of aromatic hydroxyl groups is 3. The van der Waals surface area contributed by atoms with Crippen molar-refractivity contribution >= 4 is 40.3 Å². The van der Waals surface area contributed by atoms with Crippen LogP contribution in [0.3, 0.4) is 0 Å². The molecule has 0 unspecified atom stereocenters. The zero-order valence-corrected chi connectivity index (χ0v) is 38.4. The summed E-state index contributed by atoms with van der Waals surface area (Å²) in [5.41, 5.74) is -0.533. The third-order valence-corrected chi connectivity index (χ3v) is 12.4. The molecule has 9 atom stereocenters. The van der Waals surface area contributed by atoms with Crippen LogP contribution in [0.15, 0.2) is 41.3 Å². The number of phenols is 3. The number of methoxy groups -OCH3 is 1. The number of unbranched alkanes of at least 4 members (excludes halogenated alkanes) is 7. The number of esters is 1. The molecule has 6 N–H and O–H groups in total. The van der Waals surface area contributed by atoms with Gasteiger partial charge in [-0.1, -0.05) is 96.5 Å². The van der Waals surface area contributed by atoms with Crippen molar-refractivity contribution in [3.8, 4) is 23.0 Å². The smallest absolute Gasteiger partial charge is 0.312 e. The molecule has 63 heavy (non-hydrogen) atoms. The number of aliphatic hydroxyl groups is 2. The minimum absolute atomic E-state index is 0.0432. The standard InChI is InChI=1S/C48H68N2O13/c1-11-12-13-14-15-16-17-18-23-61-49-25-33-38-43(56)36-35(42(33)55)37-45(31(7)41(36)54)63-48(9,46(37)57)60-24-22-34(59-10)28(4)44(62-32(8)51)30(6)40(53)29(5)39(52)26(2)20-19-21-27(3)47(58)50-38/h19-22,24-26,28-30,34,39-40,44,52-56H,11-18,23H2,1-10H3,(H,50,58)/b20-19-,24-22-,27-21-,49-25+/t26-,28+,29+,30+,34-,39-,40+,44+,48-/m0/s1. The number of rotatable bonds is 13. The number of anilines is 1. The van der Waals surface area contributed by atoms with Crippen LogP contribution < -0.4 is 10.1 Å². The van der Waals surface area contributed by atoms with Gasteiger partial charge in [0.15, 0.2) is 5.75 Å². The van der Waals surface area contributed by atoms with Gasteiger partial charge in [0.1, 0.15) is 30.0 Å². The van der Waals surface area contributed by atoms with E-state index in [2.05, 4.69) is 17.4 Å². The second kappa shape index (κ2) is 22.5. The van der Waals surface area contributed by atoms with Crippen molar-refractivity contribution in [1.29, 1.82) is 0 Å². The molecule has 3 heterocycles. The number of oxime groups is 1. The van der Waals surface area contributed by atoms with E-state index in [1.54, 1.807) is 39.8 Å². The Bertz CT molecular complexity index is 2080. The van der Waals surface area contributed by atoms with E-state index in [4.69, 9.17) is 23.8 Å². The number of Topliss-reactive ketones (excluding diaryl/α,β-unsaturated/α-hetero) is 1. The van der Waals surface area contributed by atoms with Crippen molar-refractivity contribution in [3.05, 3.63) is 52.8 Å². The molecule has 2 aromatic rings. The monoisotopic (exact) mass is 880 g/mol. The summed E-state index contributed by atoms with van der Waals surface area (Å²) < 4.78 is 23.6. The average Bonchev–Trinajstić information content (AvgIpc) is 3.51. The van der Waals surface area contributed by atoms with Gasteiger partial charge < -0.3 is 54.6 Å². The van der Waals surface area contributed by atoms with Gasteiger partial charge >= 0.3 is 11.8 Å². The van der Waals surface area contributed by atoms with Crippen LogP contribution in [0.1, 0.15) is 128 Å². The maximum atomic E-state index is 14.4. The molecule has 0 fully saturated rings. The molecule has 0 spiro atoms. The molecule has 2 aromatic carbocycles. The Morgan fingerprint density at radius 1 is 0.889 bits per heavy atom. The largest absolute Gasteiger partial charge is 0.507 e. The minimum Gasteiger partial charge on any atom is -0.507 e. The number of allylic oxidation sites excluding steroid dienone is 2. The first-order valence-electron chi connectivity index (χ1n) is 22.1. The summed E-state index contributed by atoms with van der Waals surface area (Å²) in [6, 6.07) is 0. The lowest BCUT2D eigenvalue weighted by Gasteiger charge is -2.38. The SMILES string of the molecule is CCCCCCCCCCO/N=C/c1c2c(O)c3c(O)c(C)c4c(c3c1O)C(=O)[C@@](C)(O/C=C\[C@H](OC)[C@@H](C)[C@@H](OC(C)=O)[C@H](C)[C@H](O)[C@H](C)[C@@H](O)[C@@H](C)/C=C\C=C(\C)C(=O)N2)O4. The van der Waals surface area contributed by atoms with Crippen LogP contribution in [-0.4, -0.2) is 93.3 Å². The Morgan fingerprint density at radius 2 is 1.54 bits per heavy atom. The Labute approximate surface area is 370 Å². The Morgan fingerprint density at radius 3 is 2.17 bits per heavy atom. The van der Waals surface area contributed by atoms with Gasteiger partial charge in [0.2, 0.25) is 0 Å². The van der Waals surface area contributed by atoms with Crippen molar-refractivity contribution in [2.45, 2.75) is 144 Å². The van der Waals surface area contributed by atoms with E-state index in [1.165, 1.54) is 78.9 Å². The van der Waals surface area contributed by atoms with Gasteiger partial charge in [0.25, 0.3) is 11.7 Å². The lowest BCUT2D eigenvalue weighted by molar-refractivity contribution is -0.160. The predicted octanol–water partition coefficient (Wildman–Crippen LogP) is 8.25. The van der Waals surface area contributed by atoms with E-state index < -0.39 is 88.8 Å². The number of carbonyl (C=O) groups excluding carboxylic acids is 3. The number of carbonyl (C=O) groups is 3. The lowest BCUT2D eigenvalue weighted by atomic mass is 9.78. The van der Waals surface area contributed by atoms with Crippen LogP contribution in [0.2, 0.25) is 0 Å². The molecule has 0 aliphatic carbocycles. The first kappa shape index (κ1) is 50.5. The van der Waals surface area contributed by atoms with E-state index in [0.29, 0.717) is 0 Å². The first-order valence-corrected chi connectivity index (χ1v) is 22.1. The quantitative estimate of drug-likeness (QED) is 0.0279. The normalized spacial score (nSPS) is 28.9. The zero-order chi connectivity index (χ0) is 46.8. The van der Waals surface area contributed by atoms with Gasteiger partial charge in [-0.25, -0.2) is 0 Å². The van der Waals surface area contributed by atoms with Gasteiger partial charge in [0.05, 0.1) is 53.0 Å². The van der Waals surface area contributed by atoms with Crippen LogP contribution in [-0.2, 0) is 28.6 Å². The number of ether oxygens (including phenoxy) is 4. The fourth-order valence-corrected chi connectivity index (χ4v) is 8.32. The second-order valence-electron chi connectivity index (χ2n) is 17.2. The highest BCUT2D eigenvalue weighted by atomic mass is 16.7. The van der Waals surface area contributed by atoms with Gasteiger partial charge in [0, 0.05) is 61.2 Å². The van der Waals surface area contributed by atoms with Crippen LogP contribution in [0.5, 0.6) is 23.0 Å². The highest BCUT2D eigenvalue weighted by Crippen LogP contribution is 2.55. The van der Waals surface area contributed by atoms with E-state index in [1.807, 2.05) is 0 Å². The number of hydrogen-bond donors (Lipinski definition) is 6. The molecule has 15 heteroatoms. The van der Waals surface area contributed by atoms with Crippen LogP contribution in [0.4, 0.5) is 5.69 Å². The van der Waals surface area contributed by atoms with E-state index in [-0.39, 0.29) is 51.1 Å². The van der Waals surface area contributed by atoms with Crippen molar-refractivity contribution in [1.82, 2.24) is 0 Å². The topological polar surface area (TPSA) is 223 Å². The molecular formula is C48H68N2O13. The molecule has 0 aromatic heterocycles. The molecule has 1 amide bonds. The van der Waals surface area contributed by atoms with Crippen LogP contribution in [0, 0.1) is 30.6 Å². The summed E-state index contributed by atoms with van der Waals surface area (Å²) in [4.78, 5) is 46.1. The molecule has 0 saturated carbocycles. The van der Waals surface area contributed by atoms with Gasteiger partial charge in [-0.05, 0) is 32.8 Å². The third kappa shape index (κ3) is 11.5. The molecule has 348 valence electrons. The third-order valence-electron chi connectivity index (χ3n) is 12.4. The van der Waals surface area contributed by atoms with Crippen molar-refractivity contribution < 1.29 is 63.7 Å². The summed E-state index contributed by atoms with van der Waals surface area (Å²) in [6.45, 7) is 14.9. The maximum absolute atomic E-state index is 14.4. The molecular weight excluding hydrogens is 813 g/mol. The highest BCUT2D eigenvalue weighted by molar-refractivity contribution is 6.23. The van der Waals surface area contributed by atoms with Crippen molar-refractivity contribution in [2.24, 2.45) is 28.8 Å². The summed E-state index contributed by atoms with van der Waals surface area (Å²) in [6.07, 6.45) is 13.3. The first-order chi connectivity index (χ1) is 29.8. The Balaban J connectivity index is 1.85. The van der Waals surface area contributed by atoms with Gasteiger partial charge in [-0.2, -0.15) is 0 Å². The highest BCUT2D eigenvalue weighted by Gasteiger charge is 2.50. The number of aliphatic hydroxyl groups excluding tert-OH is 2. The Hall–Kier alpha value is -5.12. The predicted molar refractivity (Wildman–Crippen MR) is 240 cm³/mol. The van der Waals surface area contributed by atoms with Crippen LogP contribution >= 0.6 is 0 Å². The summed E-state index contributed by atoms with van der Waals surface area (Å²) >= 11 is 0. The summed E-state index contributed by atoms with van der Waals surface area (Å²) in [7, 11) is 1.43. The molecule has 3 aliphatic heterocycles. The van der Waals surface area contributed by atoms with E-state index in [0.717, 1.165) is 31.9 Å². The van der Waals surface area contributed by atoms with Gasteiger partial charge in [-0.15, -0.1) is 0 Å². The fourth-order valence-electron chi connectivity index (χ4n) is 8.32. The van der Waals surface area contributed by atoms with Crippen molar-refractivity contribution in [2.75, 3.05) is 19.0 Å². The number of phenolic OH excluding ortho intramolecular Hbond substituents is 3. The molecule has 5 rings (SSSR count). The summed E-state index contributed by atoms with van der Waals surface area (Å²) in [5.74, 6) is -8.54. The number of fused-ring (bicyclic) bond motifs is 14. The number of ketones is 1. The molecule has 0 radical (unpaired) electrons. The molecule has 5 bridgehead atoms. The minimum atomic E-state index is -2.06. The maximum Gasteiger partial charge on any atom is 0.312 e. The number of nitrogens with zero attached hydrogens (tertiary/aromatic N) is 1. The van der Waals surface area contributed by atoms with Crippen molar-refractivity contribution in [3.63, 3.8) is 0 Å². The average molecular weight is 881 g/mol.